The Morgan fingerprint density at radius 3 is 2.40 bits per heavy atom. The van der Waals surface area contributed by atoms with Crippen molar-refractivity contribution in [3.8, 4) is 0 Å². The monoisotopic (exact) mass is 363 g/mol. The summed E-state index contributed by atoms with van der Waals surface area (Å²) in [4.78, 5) is 16.4. The molecule has 0 aliphatic rings. The summed E-state index contributed by atoms with van der Waals surface area (Å²) in [5, 5.41) is 3.48. The average Bonchev–Trinajstić information content (AvgIpc) is 2.56. The van der Waals surface area contributed by atoms with Gasteiger partial charge in [0.15, 0.2) is 0 Å². The van der Waals surface area contributed by atoms with Crippen LogP contribution in [0.3, 0.4) is 0 Å². The second kappa shape index (κ2) is 8.83. The Labute approximate surface area is 153 Å². The van der Waals surface area contributed by atoms with Gasteiger partial charge in [-0.25, -0.2) is 9.18 Å². The standard InChI is InChI=1S/C19H23ClFN3O/c1-14-4-9-17(12-18(14)20)22-19(25)24(11-10-23(2)3)13-15-5-7-16(21)8-6-15/h4-9,12H,10-11,13H2,1-3H3,(H,22,25). The molecule has 0 spiro atoms. The van der Waals surface area contributed by atoms with Gasteiger partial charge in [0, 0.05) is 30.3 Å². The van der Waals surface area contributed by atoms with Gasteiger partial charge >= 0.3 is 6.03 Å². The quantitative estimate of drug-likeness (QED) is 0.826. The molecule has 2 amide bonds. The van der Waals surface area contributed by atoms with E-state index in [1.165, 1.54) is 12.1 Å². The molecule has 2 aromatic carbocycles. The number of likely N-dealkylation sites (N-methyl/N-ethyl adjacent to an activating group) is 1. The molecule has 25 heavy (non-hydrogen) atoms. The number of hydrogen-bond acceptors (Lipinski definition) is 2. The van der Waals surface area contributed by atoms with Crippen molar-refractivity contribution in [2.24, 2.45) is 0 Å². The van der Waals surface area contributed by atoms with Crippen LogP contribution in [-0.4, -0.2) is 43.0 Å². The van der Waals surface area contributed by atoms with E-state index in [2.05, 4.69) is 5.32 Å². The smallest absolute Gasteiger partial charge is 0.319 e. The lowest BCUT2D eigenvalue weighted by atomic mass is 10.2. The molecule has 0 saturated carbocycles. The number of rotatable bonds is 6. The Hall–Kier alpha value is -2.11. The summed E-state index contributed by atoms with van der Waals surface area (Å²) in [7, 11) is 3.90. The van der Waals surface area contributed by atoms with Crippen LogP contribution in [0.2, 0.25) is 5.02 Å². The Kier molecular flexibility index (Phi) is 6.79. The van der Waals surface area contributed by atoms with Crippen molar-refractivity contribution in [2.45, 2.75) is 13.5 Å². The van der Waals surface area contributed by atoms with Crippen molar-refractivity contribution in [2.75, 3.05) is 32.5 Å². The molecule has 0 aromatic heterocycles. The number of anilines is 1. The van der Waals surface area contributed by atoms with Crippen molar-refractivity contribution in [1.29, 1.82) is 0 Å². The second-order valence-corrected chi connectivity index (χ2v) is 6.65. The normalized spacial score (nSPS) is 10.8. The molecule has 0 atom stereocenters. The summed E-state index contributed by atoms with van der Waals surface area (Å²) in [5.41, 5.74) is 2.47. The van der Waals surface area contributed by atoms with Gasteiger partial charge in [-0.15, -0.1) is 0 Å². The van der Waals surface area contributed by atoms with Crippen LogP contribution < -0.4 is 5.32 Å². The Morgan fingerprint density at radius 1 is 1.12 bits per heavy atom. The van der Waals surface area contributed by atoms with Crippen LogP contribution in [-0.2, 0) is 6.54 Å². The van der Waals surface area contributed by atoms with E-state index in [4.69, 9.17) is 11.6 Å². The molecule has 0 heterocycles. The third kappa shape index (κ3) is 6.03. The van der Waals surface area contributed by atoms with Crippen LogP contribution in [0.5, 0.6) is 0 Å². The molecular weight excluding hydrogens is 341 g/mol. The van der Waals surface area contributed by atoms with Crippen molar-refractivity contribution in [1.82, 2.24) is 9.80 Å². The van der Waals surface area contributed by atoms with Crippen molar-refractivity contribution >= 4 is 23.3 Å². The number of aryl methyl sites for hydroxylation is 1. The van der Waals surface area contributed by atoms with Gasteiger partial charge in [-0.2, -0.15) is 0 Å². The maximum absolute atomic E-state index is 13.1. The maximum Gasteiger partial charge on any atom is 0.322 e. The fourth-order valence-electron chi connectivity index (χ4n) is 2.26. The topological polar surface area (TPSA) is 35.6 Å². The molecule has 0 unspecified atom stereocenters. The van der Waals surface area contributed by atoms with Crippen molar-refractivity contribution < 1.29 is 9.18 Å². The predicted molar refractivity (Wildman–Crippen MR) is 101 cm³/mol. The van der Waals surface area contributed by atoms with E-state index >= 15 is 0 Å². The zero-order chi connectivity index (χ0) is 18.4. The minimum absolute atomic E-state index is 0.217. The Balaban J connectivity index is 2.10. The van der Waals surface area contributed by atoms with Crippen LogP contribution in [0, 0.1) is 12.7 Å². The molecule has 0 aliphatic heterocycles. The summed E-state index contributed by atoms with van der Waals surface area (Å²) in [6.07, 6.45) is 0. The van der Waals surface area contributed by atoms with Gasteiger partial charge in [-0.1, -0.05) is 29.8 Å². The lowest BCUT2D eigenvalue weighted by molar-refractivity contribution is 0.202. The molecule has 0 bridgehead atoms. The summed E-state index contributed by atoms with van der Waals surface area (Å²) in [6.45, 7) is 3.59. The summed E-state index contributed by atoms with van der Waals surface area (Å²) >= 11 is 6.12. The average molecular weight is 364 g/mol. The first-order valence-electron chi connectivity index (χ1n) is 8.06. The fourth-order valence-corrected chi connectivity index (χ4v) is 2.44. The highest BCUT2D eigenvalue weighted by molar-refractivity contribution is 6.31. The highest BCUT2D eigenvalue weighted by Gasteiger charge is 2.15. The van der Waals surface area contributed by atoms with E-state index in [9.17, 15) is 9.18 Å². The van der Waals surface area contributed by atoms with Gasteiger partial charge in [0.05, 0.1) is 0 Å². The number of urea groups is 1. The molecule has 0 fully saturated rings. The molecular formula is C19H23ClFN3O. The summed E-state index contributed by atoms with van der Waals surface area (Å²) in [5.74, 6) is -0.289. The highest BCUT2D eigenvalue weighted by Crippen LogP contribution is 2.20. The Morgan fingerprint density at radius 2 is 1.80 bits per heavy atom. The van der Waals surface area contributed by atoms with Gasteiger partial charge in [-0.3, -0.25) is 0 Å². The van der Waals surface area contributed by atoms with E-state index in [1.54, 1.807) is 23.1 Å². The largest absolute Gasteiger partial charge is 0.322 e. The van der Waals surface area contributed by atoms with E-state index in [0.717, 1.165) is 17.7 Å². The summed E-state index contributed by atoms with van der Waals surface area (Å²) in [6, 6.07) is 11.4. The second-order valence-electron chi connectivity index (χ2n) is 6.25. The molecule has 134 valence electrons. The molecule has 6 heteroatoms. The van der Waals surface area contributed by atoms with Gasteiger partial charge in [0.25, 0.3) is 0 Å². The van der Waals surface area contributed by atoms with Crippen molar-refractivity contribution in [3.63, 3.8) is 0 Å². The maximum atomic E-state index is 13.1. The van der Waals surface area contributed by atoms with Gasteiger partial charge in [-0.05, 0) is 56.4 Å². The number of hydrogen-bond donors (Lipinski definition) is 1. The number of nitrogens with one attached hydrogen (secondary N) is 1. The molecule has 2 rings (SSSR count). The number of amides is 2. The minimum Gasteiger partial charge on any atom is -0.319 e. The Bertz CT molecular complexity index is 719. The number of carbonyl (C=O) groups is 1. The number of nitrogens with zero attached hydrogens (tertiary/aromatic N) is 2. The summed E-state index contributed by atoms with van der Waals surface area (Å²) < 4.78 is 13.1. The van der Waals surface area contributed by atoms with Gasteiger partial charge in [0.2, 0.25) is 0 Å². The molecule has 1 N–H and O–H groups in total. The van der Waals surface area contributed by atoms with Gasteiger partial charge < -0.3 is 15.1 Å². The molecule has 0 aliphatic carbocycles. The molecule has 0 radical (unpaired) electrons. The lowest BCUT2D eigenvalue weighted by Gasteiger charge is -2.25. The van der Waals surface area contributed by atoms with E-state index < -0.39 is 0 Å². The molecule has 4 nitrogen and oxygen atoms in total. The first-order valence-corrected chi connectivity index (χ1v) is 8.44. The first kappa shape index (κ1) is 19.2. The minimum atomic E-state index is -0.289. The van der Waals surface area contributed by atoms with Crippen molar-refractivity contribution in [3.05, 3.63) is 64.4 Å². The van der Waals surface area contributed by atoms with Crippen LogP contribution in [0.15, 0.2) is 42.5 Å². The number of carbonyl (C=O) groups excluding carboxylic acids is 1. The van der Waals surface area contributed by atoms with Crippen LogP contribution in [0.4, 0.5) is 14.9 Å². The number of benzene rings is 2. The van der Waals surface area contributed by atoms with E-state index in [0.29, 0.717) is 23.8 Å². The fraction of sp³-hybridized carbons (Fsp3) is 0.316. The molecule has 2 aromatic rings. The molecule has 0 saturated heterocycles. The lowest BCUT2D eigenvalue weighted by Crippen LogP contribution is -2.39. The highest BCUT2D eigenvalue weighted by atomic mass is 35.5. The van der Waals surface area contributed by atoms with Crippen LogP contribution in [0.1, 0.15) is 11.1 Å². The van der Waals surface area contributed by atoms with Crippen LogP contribution >= 0.6 is 11.6 Å². The van der Waals surface area contributed by atoms with E-state index in [1.807, 2.05) is 38.1 Å². The third-order valence-electron chi connectivity index (χ3n) is 3.81. The first-order chi connectivity index (χ1) is 11.8. The third-order valence-corrected chi connectivity index (χ3v) is 4.22. The van der Waals surface area contributed by atoms with Gasteiger partial charge in [0.1, 0.15) is 5.82 Å². The zero-order valence-electron chi connectivity index (χ0n) is 14.7. The zero-order valence-corrected chi connectivity index (χ0v) is 15.5. The van der Waals surface area contributed by atoms with E-state index in [-0.39, 0.29) is 11.8 Å². The predicted octanol–water partition coefficient (Wildman–Crippen LogP) is 4.38. The number of halogens is 2. The van der Waals surface area contributed by atoms with Crippen LogP contribution in [0.25, 0.3) is 0 Å². The SMILES string of the molecule is Cc1ccc(NC(=O)N(CCN(C)C)Cc2ccc(F)cc2)cc1Cl.